The van der Waals surface area contributed by atoms with Crippen LogP contribution in [0.1, 0.15) is 31.8 Å². The molecule has 1 amide bonds. The molecule has 0 saturated carbocycles. The predicted molar refractivity (Wildman–Crippen MR) is 107 cm³/mol. The molecule has 166 valence electrons. The maximum absolute atomic E-state index is 13.7. The Morgan fingerprint density at radius 3 is 2.31 bits per heavy atom. The molecule has 3 rings (SSSR count). The van der Waals surface area contributed by atoms with Gasteiger partial charge >= 0.3 is 6.18 Å². The number of ether oxygens (including phenoxy) is 2. The van der Waals surface area contributed by atoms with Gasteiger partial charge in [-0.3, -0.25) is 9.59 Å². The van der Waals surface area contributed by atoms with Crippen molar-refractivity contribution >= 4 is 11.7 Å². The molecule has 2 N–H and O–H groups in total. The molecule has 3 aromatic carbocycles. The average Bonchev–Trinajstić information content (AvgIpc) is 2.73. The van der Waals surface area contributed by atoms with Crippen molar-refractivity contribution in [3.05, 3.63) is 88.7 Å². The first-order valence-electron chi connectivity index (χ1n) is 9.23. The minimum Gasteiger partial charge on any atom is -0.493 e. The van der Waals surface area contributed by atoms with Gasteiger partial charge in [0.05, 0.1) is 18.2 Å². The Labute approximate surface area is 180 Å². The molecule has 9 heteroatoms. The molecular formula is C23H17F4NO4. The number of carbonyl (C=O) groups excluding carboxylic acids is 2. The predicted octanol–water partition coefficient (Wildman–Crippen LogP) is 5.17. The molecule has 0 saturated heterocycles. The van der Waals surface area contributed by atoms with Gasteiger partial charge in [-0.2, -0.15) is 13.2 Å². The summed E-state index contributed by atoms with van der Waals surface area (Å²) in [6.45, 7) is 0. The van der Waals surface area contributed by atoms with Crippen LogP contribution in [0.15, 0.2) is 60.7 Å². The van der Waals surface area contributed by atoms with E-state index in [0.29, 0.717) is 11.6 Å². The fraction of sp³-hybridized carbons (Fsp3) is 0.130. The first-order chi connectivity index (χ1) is 15.1. The van der Waals surface area contributed by atoms with Gasteiger partial charge < -0.3 is 15.2 Å². The SMILES string of the molecule is COc1ccc(F)cc1Oc1ccc(C(F)(F)F)cc1C(=O)Cc1cccc(C(N)=O)c1. The van der Waals surface area contributed by atoms with Gasteiger partial charge in [-0.25, -0.2) is 4.39 Å². The minimum absolute atomic E-state index is 0.114. The van der Waals surface area contributed by atoms with Gasteiger partial charge in [0.2, 0.25) is 5.91 Å². The second kappa shape index (κ2) is 9.09. The fourth-order valence-electron chi connectivity index (χ4n) is 2.98. The summed E-state index contributed by atoms with van der Waals surface area (Å²) in [6.07, 6.45) is -5.02. The number of ketones is 1. The summed E-state index contributed by atoms with van der Waals surface area (Å²) in [5.74, 6) is -2.28. The number of amides is 1. The van der Waals surface area contributed by atoms with Crippen LogP contribution in [0.3, 0.4) is 0 Å². The van der Waals surface area contributed by atoms with Gasteiger partial charge in [0.1, 0.15) is 11.6 Å². The van der Waals surface area contributed by atoms with Crippen molar-refractivity contribution in [1.29, 1.82) is 0 Å². The monoisotopic (exact) mass is 447 g/mol. The van der Waals surface area contributed by atoms with E-state index >= 15 is 0 Å². The number of nitrogens with two attached hydrogens (primary N) is 1. The Hall–Kier alpha value is -3.88. The first kappa shape index (κ1) is 22.8. The highest BCUT2D eigenvalue weighted by atomic mass is 19.4. The van der Waals surface area contributed by atoms with Crippen LogP contribution in [0.5, 0.6) is 17.2 Å². The Balaban J connectivity index is 2.02. The van der Waals surface area contributed by atoms with Crippen LogP contribution in [0.4, 0.5) is 17.6 Å². The van der Waals surface area contributed by atoms with Crippen molar-refractivity contribution in [3.63, 3.8) is 0 Å². The van der Waals surface area contributed by atoms with E-state index in [1.807, 2.05) is 0 Å². The summed E-state index contributed by atoms with van der Waals surface area (Å²) in [5, 5.41) is 0. The number of hydrogen-bond donors (Lipinski definition) is 1. The topological polar surface area (TPSA) is 78.6 Å². The first-order valence-corrected chi connectivity index (χ1v) is 9.23. The summed E-state index contributed by atoms with van der Waals surface area (Å²) in [5.41, 5.74) is 4.34. The van der Waals surface area contributed by atoms with E-state index in [-0.39, 0.29) is 34.8 Å². The summed E-state index contributed by atoms with van der Waals surface area (Å²) in [7, 11) is 1.31. The van der Waals surface area contributed by atoms with Crippen LogP contribution in [0, 0.1) is 5.82 Å². The third-order valence-electron chi connectivity index (χ3n) is 4.53. The summed E-state index contributed by atoms with van der Waals surface area (Å²) in [4.78, 5) is 24.3. The second-order valence-electron chi connectivity index (χ2n) is 6.77. The van der Waals surface area contributed by atoms with E-state index in [2.05, 4.69) is 0 Å². The standard InChI is InChI=1S/C23H17F4NO4/c1-31-20-8-6-16(24)12-21(20)32-19-7-5-15(23(25,26)27)11-17(19)18(29)10-13-3-2-4-14(9-13)22(28)30/h2-9,11-12H,10H2,1H3,(H2,28,30). The lowest BCUT2D eigenvalue weighted by atomic mass is 9.99. The number of benzene rings is 3. The molecule has 0 bridgehead atoms. The number of rotatable bonds is 7. The van der Waals surface area contributed by atoms with Crippen molar-refractivity contribution in [2.24, 2.45) is 5.73 Å². The molecule has 0 atom stereocenters. The van der Waals surface area contributed by atoms with Crippen molar-refractivity contribution in [1.82, 2.24) is 0 Å². The Kier molecular flexibility index (Phi) is 6.47. The molecule has 0 spiro atoms. The average molecular weight is 447 g/mol. The third-order valence-corrected chi connectivity index (χ3v) is 4.53. The highest BCUT2D eigenvalue weighted by molar-refractivity contribution is 6.00. The molecule has 0 heterocycles. The normalized spacial score (nSPS) is 11.2. The number of methoxy groups -OCH3 is 1. The summed E-state index contributed by atoms with van der Waals surface area (Å²) in [6, 6.07) is 11.7. The Morgan fingerprint density at radius 1 is 0.938 bits per heavy atom. The van der Waals surface area contributed by atoms with Crippen LogP contribution >= 0.6 is 0 Å². The zero-order valence-electron chi connectivity index (χ0n) is 16.7. The van der Waals surface area contributed by atoms with Gasteiger partial charge in [-0.1, -0.05) is 12.1 Å². The quantitative estimate of drug-likeness (QED) is 0.400. The van der Waals surface area contributed by atoms with Crippen molar-refractivity contribution in [3.8, 4) is 17.2 Å². The number of hydrogen-bond acceptors (Lipinski definition) is 4. The van der Waals surface area contributed by atoms with Crippen LogP contribution in [0.25, 0.3) is 0 Å². The second-order valence-corrected chi connectivity index (χ2v) is 6.77. The van der Waals surface area contributed by atoms with E-state index < -0.39 is 29.2 Å². The largest absolute Gasteiger partial charge is 0.493 e. The molecule has 0 aliphatic carbocycles. The van der Waals surface area contributed by atoms with Crippen LogP contribution in [-0.2, 0) is 12.6 Å². The number of Topliss-reactive ketones (excluding diaryl/α,β-unsaturated/α-hetero) is 1. The van der Waals surface area contributed by atoms with E-state index in [0.717, 1.165) is 24.3 Å². The van der Waals surface area contributed by atoms with E-state index in [1.54, 1.807) is 0 Å². The zero-order valence-corrected chi connectivity index (χ0v) is 16.7. The number of halogens is 4. The molecule has 32 heavy (non-hydrogen) atoms. The lowest BCUT2D eigenvalue weighted by Gasteiger charge is -2.15. The van der Waals surface area contributed by atoms with E-state index in [4.69, 9.17) is 15.2 Å². The molecule has 0 aliphatic heterocycles. The lowest BCUT2D eigenvalue weighted by Crippen LogP contribution is -2.13. The Morgan fingerprint density at radius 2 is 1.66 bits per heavy atom. The van der Waals surface area contributed by atoms with E-state index in [1.165, 1.54) is 37.4 Å². The Bertz CT molecular complexity index is 1170. The fourth-order valence-corrected chi connectivity index (χ4v) is 2.98. The number of primary amides is 1. The molecule has 0 aromatic heterocycles. The van der Waals surface area contributed by atoms with Crippen molar-refractivity contribution in [2.45, 2.75) is 12.6 Å². The van der Waals surface area contributed by atoms with Crippen molar-refractivity contribution < 1.29 is 36.6 Å². The van der Waals surface area contributed by atoms with Gasteiger partial charge in [0, 0.05) is 18.1 Å². The van der Waals surface area contributed by atoms with E-state index in [9.17, 15) is 27.2 Å². The minimum atomic E-state index is -4.70. The molecule has 0 radical (unpaired) electrons. The summed E-state index contributed by atoms with van der Waals surface area (Å²) < 4.78 is 64.1. The van der Waals surface area contributed by atoms with Crippen molar-refractivity contribution in [2.75, 3.05) is 7.11 Å². The maximum Gasteiger partial charge on any atom is 0.416 e. The van der Waals surface area contributed by atoms with Gasteiger partial charge in [0.25, 0.3) is 0 Å². The molecule has 5 nitrogen and oxygen atoms in total. The molecule has 3 aromatic rings. The molecule has 0 aliphatic rings. The zero-order chi connectivity index (χ0) is 23.5. The van der Waals surface area contributed by atoms with Gasteiger partial charge in [0.15, 0.2) is 17.3 Å². The summed E-state index contributed by atoms with van der Waals surface area (Å²) >= 11 is 0. The molecule has 0 unspecified atom stereocenters. The smallest absolute Gasteiger partial charge is 0.416 e. The van der Waals surface area contributed by atoms with Gasteiger partial charge in [-0.15, -0.1) is 0 Å². The van der Waals surface area contributed by atoms with Crippen LogP contribution in [-0.4, -0.2) is 18.8 Å². The highest BCUT2D eigenvalue weighted by Gasteiger charge is 2.32. The molecular weight excluding hydrogens is 430 g/mol. The third kappa shape index (κ3) is 5.23. The lowest BCUT2D eigenvalue weighted by molar-refractivity contribution is -0.137. The van der Waals surface area contributed by atoms with Gasteiger partial charge in [-0.05, 0) is 48.0 Å². The maximum atomic E-state index is 13.7. The van der Waals surface area contributed by atoms with Crippen LogP contribution in [0.2, 0.25) is 0 Å². The van der Waals surface area contributed by atoms with Crippen LogP contribution < -0.4 is 15.2 Å². The highest BCUT2D eigenvalue weighted by Crippen LogP contribution is 2.37. The number of carbonyl (C=O) groups is 2. The number of alkyl halides is 3. The molecule has 0 fully saturated rings.